The molecule has 0 aliphatic rings. The zero-order valence-corrected chi connectivity index (χ0v) is 11.2. The minimum Gasteiger partial charge on any atom is -0.309 e. The summed E-state index contributed by atoms with van der Waals surface area (Å²) in [7, 11) is 4.28. The molecular formula is C13H23NS. The van der Waals surface area contributed by atoms with Gasteiger partial charge in [-0.25, -0.2) is 0 Å². The van der Waals surface area contributed by atoms with E-state index in [9.17, 15) is 0 Å². The number of nitrogens with zero attached hydrogens (tertiary/aromatic N) is 1. The fourth-order valence-corrected chi connectivity index (χ4v) is 2.91. The number of aryl methyl sites for hydroxylation is 1. The Morgan fingerprint density at radius 1 is 1.20 bits per heavy atom. The molecule has 0 atom stereocenters. The summed E-state index contributed by atoms with van der Waals surface area (Å²) in [5.74, 6) is 0.776. The van der Waals surface area contributed by atoms with Gasteiger partial charge in [-0.2, -0.15) is 0 Å². The van der Waals surface area contributed by atoms with Gasteiger partial charge in [-0.3, -0.25) is 0 Å². The Kier molecular flexibility index (Phi) is 5.34. The van der Waals surface area contributed by atoms with E-state index < -0.39 is 0 Å². The van der Waals surface area contributed by atoms with E-state index in [1.165, 1.54) is 25.8 Å². The van der Waals surface area contributed by atoms with Crippen molar-refractivity contribution in [3.05, 3.63) is 21.9 Å². The van der Waals surface area contributed by atoms with Gasteiger partial charge in [-0.05, 0) is 58.0 Å². The summed E-state index contributed by atoms with van der Waals surface area (Å²) in [6.07, 6.45) is 3.74. The number of thiophene rings is 1. The van der Waals surface area contributed by atoms with Crippen LogP contribution in [0.4, 0.5) is 0 Å². The highest BCUT2D eigenvalue weighted by molar-refractivity contribution is 7.11. The first-order valence-electron chi connectivity index (χ1n) is 5.80. The molecule has 0 radical (unpaired) electrons. The van der Waals surface area contributed by atoms with Crippen molar-refractivity contribution in [2.24, 2.45) is 5.92 Å². The SMILES string of the molecule is CC(C)Cc1ccc(CCCN(C)C)s1. The van der Waals surface area contributed by atoms with Crippen molar-refractivity contribution < 1.29 is 0 Å². The van der Waals surface area contributed by atoms with Crippen LogP contribution in [0.3, 0.4) is 0 Å². The van der Waals surface area contributed by atoms with Gasteiger partial charge in [-0.1, -0.05) is 13.8 Å². The maximum atomic E-state index is 2.30. The first-order valence-corrected chi connectivity index (χ1v) is 6.62. The molecule has 0 bridgehead atoms. The summed E-state index contributed by atoms with van der Waals surface area (Å²) in [5, 5.41) is 0. The lowest BCUT2D eigenvalue weighted by atomic mass is 10.1. The zero-order valence-electron chi connectivity index (χ0n) is 10.4. The topological polar surface area (TPSA) is 3.24 Å². The highest BCUT2D eigenvalue weighted by Crippen LogP contribution is 2.20. The monoisotopic (exact) mass is 225 g/mol. The molecule has 0 aromatic carbocycles. The fraction of sp³-hybridized carbons (Fsp3) is 0.692. The van der Waals surface area contributed by atoms with Gasteiger partial charge in [0.15, 0.2) is 0 Å². The van der Waals surface area contributed by atoms with E-state index in [4.69, 9.17) is 0 Å². The molecule has 1 aromatic heterocycles. The summed E-state index contributed by atoms with van der Waals surface area (Å²) in [6.45, 7) is 5.76. The van der Waals surface area contributed by atoms with Crippen molar-refractivity contribution in [2.75, 3.05) is 20.6 Å². The average Bonchev–Trinajstić information content (AvgIpc) is 2.50. The molecule has 1 nitrogen and oxygen atoms in total. The summed E-state index contributed by atoms with van der Waals surface area (Å²) >= 11 is 1.99. The molecule has 1 heterocycles. The Labute approximate surface area is 98.1 Å². The van der Waals surface area contributed by atoms with Crippen LogP contribution in [0.15, 0.2) is 12.1 Å². The van der Waals surface area contributed by atoms with Gasteiger partial charge in [0.25, 0.3) is 0 Å². The molecule has 1 aromatic rings. The first-order chi connectivity index (χ1) is 7.08. The van der Waals surface area contributed by atoms with Gasteiger partial charge in [0.1, 0.15) is 0 Å². The molecule has 0 aliphatic heterocycles. The third kappa shape index (κ3) is 5.33. The van der Waals surface area contributed by atoms with Crippen LogP contribution in [0.2, 0.25) is 0 Å². The van der Waals surface area contributed by atoms with E-state index in [1.807, 2.05) is 11.3 Å². The smallest absolute Gasteiger partial charge is 0.00507 e. The molecule has 2 heteroatoms. The van der Waals surface area contributed by atoms with Crippen LogP contribution in [0, 0.1) is 5.92 Å². The number of hydrogen-bond donors (Lipinski definition) is 0. The summed E-state index contributed by atoms with van der Waals surface area (Å²) in [5.41, 5.74) is 0. The molecule has 0 saturated carbocycles. The second kappa shape index (κ2) is 6.29. The minimum absolute atomic E-state index is 0.776. The van der Waals surface area contributed by atoms with E-state index in [1.54, 1.807) is 9.75 Å². The molecular weight excluding hydrogens is 202 g/mol. The highest BCUT2D eigenvalue weighted by Gasteiger charge is 2.02. The van der Waals surface area contributed by atoms with Crippen LogP contribution in [0.5, 0.6) is 0 Å². The highest BCUT2D eigenvalue weighted by atomic mass is 32.1. The van der Waals surface area contributed by atoms with E-state index in [0.29, 0.717) is 0 Å². The van der Waals surface area contributed by atoms with Crippen molar-refractivity contribution in [1.82, 2.24) is 4.90 Å². The van der Waals surface area contributed by atoms with Crippen molar-refractivity contribution in [3.8, 4) is 0 Å². The molecule has 86 valence electrons. The van der Waals surface area contributed by atoms with Crippen LogP contribution < -0.4 is 0 Å². The summed E-state index contributed by atoms with van der Waals surface area (Å²) < 4.78 is 0. The first kappa shape index (κ1) is 12.7. The van der Waals surface area contributed by atoms with Crippen LogP contribution in [0.25, 0.3) is 0 Å². The van der Waals surface area contributed by atoms with Gasteiger partial charge in [0, 0.05) is 9.75 Å². The van der Waals surface area contributed by atoms with Gasteiger partial charge in [-0.15, -0.1) is 11.3 Å². The van der Waals surface area contributed by atoms with Crippen molar-refractivity contribution in [2.45, 2.75) is 33.1 Å². The van der Waals surface area contributed by atoms with Crippen LogP contribution >= 0.6 is 11.3 Å². The second-order valence-electron chi connectivity index (χ2n) is 4.87. The number of hydrogen-bond acceptors (Lipinski definition) is 2. The molecule has 15 heavy (non-hydrogen) atoms. The Hall–Kier alpha value is -0.340. The molecule has 0 unspecified atom stereocenters. The lowest BCUT2D eigenvalue weighted by Crippen LogP contribution is -2.13. The minimum atomic E-state index is 0.776. The summed E-state index contributed by atoms with van der Waals surface area (Å²) in [6, 6.07) is 4.60. The van der Waals surface area contributed by atoms with Gasteiger partial charge in [0.2, 0.25) is 0 Å². The predicted molar refractivity (Wildman–Crippen MR) is 69.7 cm³/mol. The lowest BCUT2D eigenvalue weighted by molar-refractivity contribution is 0.401. The molecule has 0 amide bonds. The second-order valence-corrected chi connectivity index (χ2v) is 6.13. The average molecular weight is 225 g/mol. The molecule has 0 aliphatic carbocycles. The van der Waals surface area contributed by atoms with E-state index in [-0.39, 0.29) is 0 Å². The molecule has 0 spiro atoms. The van der Waals surface area contributed by atoms with Gasteiger partial charge >= 0.3 is 0 Å². The van der Waals surface area contributed by atoms with Crippen molar-refractivity contribution in [1.29, 1.82) is 0 Å². The Balaban J connectivity index is 2.33. The number of rotatable bonds is 6. The predicted octanol–water partition coefficient (Wildman–Crippen LogP) is 3.44. The van der Waals surface area contributed by atoms with E-state index in [0.717, 1.165) is 5.92 Å². The standard InChI is InChI=1S/C13H23NS/c1-11(2)10-13-8-7-12(15-13)6-5-9-14(3)4/h7-8,11H,5-6,9-10H2,1-4H3. The lowest BCUT2D eigenvalue weighted by Gasteiger charge is -2.07. The molecule has 0 N–H and O–H groups in total. The Bertz CT molecular complexity index is 276. The van der Waals surface area contributed by atoms with Gasteiger partial charge < -0.3 is 4.90 Å². The maximum absolute atomic E-state index is 2.30. The van der Waals surface area contributed by atoms with Gasteiger partial charge in [0.05, 0.1) is 0 Å². The maximum Gasteiger partial charge on any atom is 0.00507 e. The van der Waals surface area contributed by atoms with E-state index >= 15 is 0 Å². The molecule has 0 fully saturated rings. The largest absolute Gasteiger partial charge is 0.309 e. The quantitative estimate of drug-likeness (QED) is 0.717. The third-order valence-corrected chi connectivity index (χ3v) is 3.52. The molecule has 1 rings (SSSR count). The normalized spacial score (nSPS) is 11.6. The fourth-order valence-electron chi connectivity index (χ4n) is 1.64. The Morgan fingerprint density at radius 3 is 2.47 bits per heavy atom. The summed E-state index contributed by atoms with van der Waals surface area (Å²) in [4.78, 5) is 5.35. The van der Waals surface area contributed by atoms with Crippen LogP contribution in [-0.4, -0.2) is 25.5 Å². The molecule has 0 saturated heterocycles. The van der Waals surface area contributed by atoms with Crippen molar-refractivity contribution >= 4 is 11.3 Å². The zero-order chi connectivity index (χ0) is 11.3. The van der Waals surface area contributed by atoms with E-state index in [2.05, 4.69) is 45.0 Å². The van der Waals surface area contributed by atoms with Crippen molar-refractivity contribution in [3.63, 3.8) is 0 Å². The Morgan fingerprint density at radius 2 is 1.87 bits per heavy atom. The van der Waals surface area contributed by atoms with Crippen LogP contribution in [-0.2, 0) is 12.8 Å². The third-order valence-electron chi connectivity index (χ3n) is 2.36. The van der Waals surface area contributed by atoms with Crippen LogP contribution in [0.1, 0.15) is 30.0 Å².